The van der Waals surface area contributed by atoms with Crippen LogP contribution in [0, 0.1) is 58.3 Å². The first-order chi connectivity index (χ1) is 28.0. The third kappa shape index (κ3) is 9.47. The highest BCUT2D eigenvalue weighted by atomic mass is 32.1. The standard InChI is InChI=1S/C44H37F5N4O4S/c1-44(36-37(45)39(47)41(49)40(48)38(36)46)34(42(52-2)43(57-44)30(25-50)26-51)19-18-33-17-16-32(58-33)15-13-29-12-14-31(53(20-6-8-22-54)21-7-9-23-55)24-35(29)56-27-28-10-4-3-5-11-28/h3-5,10-19,24,54-55H,6-9,20-23,27H2,1H3/b15-13+,19-18+. The molecule has 0 fully saturated rings. The quantitative estimate of drug-likeness (QED) is 0.0273. The zero-order valence-electron chi connectivity index (χ0n) is 31.2. The van der Waals surface area contributed by atoms with Gasteiger partial charge < -0.3 is 24.6 Å². The molecule has 0 aliphatic carbocycles. The summed E-state index contributed by atoms with van der Waals surface area (Å²) < 4.78 is 85.3. The SMILES string of the molecule is [C-]#[N+]C1=C(/C=C/c2ccc(/C=C/c3ccc(N(CCCCO)CCCCO)cc3OCc3ccccc3)s2)C(C)(c2c(F)c(F)c(F)c(F)c2F)OC1=C(C#N)C#N. The van der Waals surface area contributed by atoms with Crippen molar-refractivity contribution >= 4 is 35.3 Å². The number of anilines is 1. The van der Waals surface area contributed by atoms with E-state index < -0.39 is 57.3 Å². The normalized spacial score (nSPS) is 15.1. The van der Waals surface area contributed by atoms with Gasteiger partial charge in [-0.2, -0.15) is 10.5 Å². The van der Waals surface area contributed by atoms with E-state index in [1.54, 1.807) is 24.3 Å². The first kappa shape index (κ1) is 42.9. The summed E-state index contributed by atoms with van der Waals surface area (Å²) >= 11 is 1.28. The molecule has 1 unspecified atom stereocenters. The van der Waals surface area contributed by atoms with Crippen LogP contribution in [0.5, 0.6) is 5.75 Å². The second-order valence-corrected chi connectivity index (χ2v) is 14.3. The van der Waals surface area contributed by atoms with Crippen LogP contribution >= 0.6 is 11.3 Å². The average Bonchev–Trinajstić information content (AvgIpc) is 3.81. The number of aliphatic hydroxyl groups excluding tert-OH is 2. The highest BCUT2D eigenvalue weighted by Gasteiger charge is 2.49. The number of rotatable bonds is 17. The summed E-state index contributed by atoms with van der Waals surface area (Å²) in [6, 6.07) is 22.2. The maximum absolute atomic E-state index is 15.2. The van der Waals surface area contributed by atoms with Gasteiger partial charge in [-0.1, -0.05) is 36.4 Å². The van der Waals surface area contributed by atoms with Gasteiger partial charge in [0, 0.05) is 58.9 Å². The second-order valence-electron chi connectivity index (χ2n) is 13.1. The van der Waals surface area contributed by atoms with Crippen molar-refractivity contribution in [2.24, 2.45) is 0 Å². The number of halogens is 5. The summed E-state index contributed by atoms with van der Waals surface area (Å²) in [5.74, 6) is -11.2. The molecule has 3 aromatic carbocycles. The Kier molecular flexibility index (Phi) is 14.6. The molecule has 0 radical (unpaired) electrons. The predicted molar refractivity (Wildman–Crippen MR) is 211 cm³/mol. The van der Waals surface area contributed by atoms with Crippen molar-refractivity contribution in [3.05, 3.63) is 156 Å². The highest BCUT2D eigenvalue weighted by Crippen LogP contribution is 2.50. The van der Waals surface area contributed by atoms with E-state index >= 15 is 8.78 Å². The van der Waals surface area contributed by atoms with Crippen molar-refractivity contribution in [2.75, 3.05) is 31.2 Å². The number of ether oxygens (including phenoxy) is 2. The van der Waals surface area contributed by atoms with Crippen LogP contribution in [0.1, 0.15) is 59.1 Å². The van der Waals surface area contributed by atoms with Crippen molar-refractivity contribution in [1.82, 2.24) is 0 Å². The molecule has 14 heteroatoms. The molecule has 0 amide bonds. The largest absolute Gasteiger partial charge is 0.488 e. The van der Waals surface area contributed by atoms with Crippen molar-refractivity contribution in [1.29, 1.82) is 10.5 Å². The third-order valence-electron chi connectivity index (χ3n) is 9.30. The predicted octanol–water partition coefficient (Wildman–Crippen LogP) is 9.98. The molecule has 0 saturated carbocycles. The van der Waals surface area contributed by atoms with Crippen LogP contribution < -0.4 is 9.64 Å². The maximum atomic E-state index is 15.2. The van der Waals surface area contributed by atoms with E-state index in [-0.39, 0.29) is 18.8 Å². The lowest BCUT2D eigenvalue weighted by molar-refractivity contribution is 0.0659. The summed E-state index contributed by atoms with van der Waals surface area (Å²) in [6.07, 6.45) is 9.29. The van der Waals surface area contributed by atoms with Crippen molar-refractivity contribution in [2.45, 2.75) is 44.8 Å². The number of hydrogen-bond donors (Lipinski definition) is 2. The van der Waals surface area contributed by atoms with E-state index in [2.05, 4.69) is 9.74 Å². The van der Waals surface area contributed by atoms with Crippen LogP contribution in [0.4, 0.5) is 27.6 Å². The van der Waals surface area contributed by atoms with E-state index in [0.29, 0.717) is 43.2 Å². The number of thiophene rings is 1. The van der Waals surface area contributed by atoms with Gasteiger partial charge in [0.05, 0.1) is 12.1 Å². The number of nitrogens with zero attached hydrogens (tertiary/aromatic N) is 4. The molecular weight excluding hydrogens is 776 g/mol. The highest BCUT2D eigenvalue weighted by molar-refractivity contribution is 7.13. The number of allylic oxidation sites excluding steroid dienone is 1. The van der Waals surface area contributed by atoms with Gasteiger partial charge in [-0.25, -0.2) is 26.8 Å². The van der Waals surface area contributed by atoms with Crippen LogP contribution in [-0.4, -0.2) is 36.5 Å². The van der Waals surface area contributed by atoms with Crippen LogP contribution in [0.3, 0.4) is 0 Å². The van der Waals surface area contributed by atoms with Gasteiger partial charge >= 0.3 is 0 Å². The van der Waals surface area contributed by atoms with Crippen LogP contribution in [0.25, 0.3) is 23.1 Å². The molecule has 1 atom stereocenters. The fraction of sp³-hybridized carbons (Fsp3) is 0.250. The Balaban J connectivity index is 1.49. The van der Waals surface area contributed by atoms with E-state index in [9.17, 15) is 33.9 Å². The van der Waals surface area contributed by atoms with Gasteiger partial charge in [0.1, 0.15) is 24.5 Å². The first-order valence-electron chi connectivity index (χ1n) is 18.1. The number of unbranched alkanes of at least 4 members (excludes halogenated alkanes) is 2. The molecule has 1 aliphatic rings. The molecule has 0 saturated heterocycles. The summed E-state index contributed by atoms with van der Waals surface area (Å²) in [6.45, 7) is 10.7. The van der Waals surface area contributed by atoms with Crippen LogP contribution in [0.2, 0.25) is 0 Å². The molecule has 2 N–H and O–H groups in total. The molecule has 8 nitrogen and oxygen atoms in total. The van der Waals surface area contributed by atoms with Gasteiger partial charge in [-0.05, 0) is 80.7 Å². The molecule has 2 heterocycles. The number of nitriles is 2. The summed E-state index contributed by atoms with van der Waals surface area (Å²) in [5.41, 5.74) is -2.81. The van der Waals surface area contributed by atoms with Crippen molar-refractivity contribution in [3.8, 4) is 17.9 Å². The van der Waals surface area contributed by atoms with Crippen LogP contribution in [-0.2, 0) is 16.9 Å². The van der Waals surface area contributed by atoms with Crippen LogP contribution in [0.15, 0.2) is 89.3 Å². The third-order valence-corrected chi connectivity index (χ3v) is 10.3. The minimum atomic E-state index is -2.51. The monoisotopic (exact) mass is 812 g/mol. The lowest BCUT2D eigenvalue weighted by atomic mass is 9.86. The number of hydrogen-bond acceptors (Lipinski definition) is 8. The lowest BCUT2D eigenvalue weighted by Crippen LogP contribution is -2.28. The Morgan fingerprint density at radius 1 is 0.828 bits per heavy atom. The van der Waals surface area contributed by atoms with E-state index in [1.807, 2.05) is 60.7 Å². The molecule has 1 aromatic heterocycles. The van der Waals surface area contributed by atoms with Crippen molar-refractivity contribution in [3.63, 3.8) is 0 Å². The molecule has 0 spiro atoms. The Bertz CT molecular complexity index is 2340. The topological polar surface area (TPSA) is 114 Å². The summed E-state index contributed by atoms with van der Waals surface area (Å²) in [4.78, 5) is 6.85. The fourth-order valence-electron chi connectivity index (χ4n) is 6.31. The van der Waals surface area contributed by atoms with E-state index in [4.69, 9.17) is 16.0 Å². The molecule has 4 aromatic rings. The maximum Gasteiger partial charge on any atom is 0.237 e. The fourth-order valence-corrected chi connectivity index (χ4v) is 7.13. The summed E-state index contributed by atoms with van der Waals surface area (Å²) in [5, 5.41) is 37.7. The van der Waals surface area contributed by atoms with Gasteiger partial charge in [0.2, 0.25) is 11.5 Å². The zero-order valence-corrected chi connectivity index (χ0v) is 32.1. The number of aliphatic hydroxyl groups is 2. The summed E-state index contributed by atoms with van der Waals surface area (Å²) in [7, 11) is 0. The molecule has 298 valence electrons. The van der Waals surface area contributed by atoms with E-state index in [0.717, 1.165) is 41.5 Å². The Hall–Kier alpha value is -6.24. The van der Waals surface area contributed by atoms with Crippen molar-refractivity contribution < 1.29 is 41.6 Å². The van der Waals surface area contributed by atoms with Gasteiger partial charge in [0.25, 0.3) is 0 Å². The van der Waals surface area contributed by atoms with Gasteiger partial charge in [-0.3, -0.25) is 0 Å². The minimum absolute atomic E-state index is 0.0930. The lowest BCUT2D eigenvalue weighted by Gasteiger charge is -2.29. The number of benzene rings is 3. The van der Waals surface area contributed by atoms with Gasteiger partial charge in [0.15, 0.2) is 40.2 Å². The Morgan fingerprint density at radius 2 is 1.41 bits per heavy atom. The Morgan fingerprint density at radius 3 is 1.98 bits per heavy atom. The Labute approximate surface area is 336 Å². The molecule has 5 rings (SSSR count). The zero-order chi connectivity index (χ0) is 41.8. The smallest absolute Gasteiger partial charge is 0.237 e. The molecular formula is C44H37F5N4O4S. The first-order valence-corrected chi connectivity index (χ1v) is 18.9. The molecule has 1 aliphatic heterocycles. The molecule has 0 bridgehead atoms. The average molecular weight is 813 g/mol. The van der Waals surface area contributed by atoms with E-state index in [1.165, 1.54) is 23.5 Å². The second kappa shape index (κ2) is 19.8. The molecule has 58 heavy (non-hydrogen) atoms. The van der Waals surface area contributed by atoms with Gasteiger partial charge in [-0.15, -0.1) is 11.3 Å². The minimum Gasteiger partial charge on any atom is -0.488 e.